The minimum atomic E-state index is -1.25. The van der Waals surface area contributed by atoms with E-state index in [1.54, 1.807) is 30.3 Å². The third kappa shape index (κ3) is 4.21. The normalized spacial score (nSPS) is 10.8. The largest absolute Gasteiger partial charge is 1.00 e. The maximum atomic E-state index is 11.3. The van der Waals surface area contributed by atoms with E-state index in [-0.39, 0.29) is 35.1 Å². The van der Waals surface area contributed by atoms with Gasteiger partial charge in [0.2, 0.25) is 0 Å². The number of carboxylic acid groups (broad SMARTS) is 1. The van der Waals surface area contributed by atoms with Gasteiger partial charge in [0.25, 0.3) is 0 Å². The molecule has 2 aromatic rings. The Morgan fingerprint density at radius 3 is 2.25 bits per heavy atom. The second kappa shape index (κ2) is 7.64. The molecule has 2 N–H and O–H groups in total. The molecule has 0 aromatic heterocycles. The molecule has 0 aliphatic heterocycles. The zero-order valence-corrected chi connectivity index (χ0v) is 14.6. The molecule has 2 rings (SSSR count). The smallest absolute Gasteiger partial charge is 0.545 e. The fourth-order valence-corrected chi connectivity index (χ4v) is 1.98. The second-order valence-electron chi connectivity index (χ2n) is 3.98. The van der Waals surface area contributed by atoms with Gasteiger partial charge in [-0.05, 0) is 29.8 Å². The second-order valence-corrected chi connectivity index (χ2v) is 4.90. The van der Waals surface area contributed by atoms with Gasteiger partial charge in [0.1, 0.15) is 0 Å². The van der Waals surface area contributed by atoms with Crippen LogP contribution in [0.2, 0.25) is 0 Å². The summed E-state index contributed by atoms with van der Waals surface area (Å²) in [6.07, 6.45) is 1.55. The van der Waals surface area contributed by atoms with Gasteiger partial charge in [-0.1, -0.05) is 46.3 Å². The Labute approximate surface area is 147 Å². The number of para-hydroxylation sites is 1. The summed E-state index contributed by atoms with van der Waals surface area (Å²) in [5.41, 5.74) is 7.51. The van der Waals surface area contributed by atoms with Gasteiger partial charge >= 0.3 is 29.6 Å². The van der Waals surface area contributed by atoms with E-state index < -0.39 is 5.97 Å². The Kier molecular flexibility index (Phi) is 6.49. The first-order valence-electron chi connectivity index (χ1n) is 5.61. The van der Waals surface area contributed by atoms with E-state index in [2.05, 4.69) is 15.9 Å². The Morgan fingerprint density at radius 1 is 1.10 bits per heavy atom. The summed E-state index contributed by atoms with van der Waals surface area (Å²) < 4.78 is 0.930. The van der Waals surface area contributed by atoms with Gasteiger partial charge in [0, 0.05) is 21.3 Å². The number of nitrogens with two attached hydrogens (primary N) is 1. The molecule has 0 saturated carbocycles. The number of halogens is 1. The quantitative estimate of drug-likeness (QED) is 0.349. The number of hydrogen-bond donors (Lipinski definition) is 1. The van der Waals surface area contributed by atoms with E-state index in [9.17, 15) is 9.90 Å². The van der Waals surface area contributed by atoms with Crippen LogP contribution in [0.3, 0.4) is 0 Å². The Bertz CT molecular complexity index is 639. The van der Waals surface area contributed by atoms with Gasteiger partial charge in [-0.2, -0.15) is 0 Å². The summed E-state index contributed by atoms with van der Waals surface area (Å²) >= 11 is 3.33. The molecule has 3 nitrogen and oxygen atoms in total. The van der Waals surface area contributed by atoms with E-state index in [0.29, 0.717) is 11.3 Å². The average molecular weight is 340 g/mol. The predicted molar refractivity (Wildman–Crippen MR) is 77.9 cm³/mol. The fourth-order valence-electron chi connectivity index (χ4n) is 1.71. The Balaban J connectivity index is 0.00000200. The zero-order chi connectivity index (χ0) is 13.8. The average Bonchev–Trinajstić information content (AvgIpc) is 2.39. The molecule has 0 bridgehead atoms. The topological polar surface area (TPSA) is 66.2 Å². The Morgan fingerprint density at radius 2 is 1.70 bits per heavy atom. The number of carbonyl (C=O) groups is 1. The van der Waals surface area contributed by atoms with Crippen LogP contribution in [-0.4, -0.2) is 5.97 Å². The predicted octanol–water partition coefficient (Wildman–Crippen LogP) is -0.674. The van der Waals surface area contributed by atoms with Crippen LogP contribution >= 0.6 is 15.9 Å². The van der Waals surface area contributed by atoms with Crippen molar-refractivity contribution >= 4 is 39.2 Å². The van der Waals surface area contributed by atoms with Crippen molar-refractivity contribution in [2.45, 2.75) is 0 Å². The van der Waals surface area contributed by atoms with Crippen molar-refractivity contribution in [3.63, 3.8) is 0 Å². The van der Waals surface area contributed by atoms with Crippen LogP contribution in [0.15, 0.2) is 53.0 Å². The van der Waals surface area contributed by atoms with E-state index >= 15 is 0 Å². The zero-order valence-electron chi connectivity index (χ0n) is 11.0. The third-order valence-electron chi connectivity index (χ3n) is 2.65. The van der Waals surface area contributed by atoms with Gasteiger partial charge < -0.3 is 15.6 Å². The van der Waals surface area contributed by atoms with E-state index in [1.165, 1.54) is 0 Å². The summed E-state index contributed by atoms with van der Waals surface area (Å²) in [5, 5.41) is 11.3. The van der Waals surface area contributed by atoms with Gasteiger partial charge in [-0.3, -0.25) is 0 Å². The number of rotatable bonds is 3. The molecule has 0 aliphatic rings. The molecule has 0 aliphatic carbocycles. The SMILES string of the molecule is Nc1ccccc1C(=Cc1ccc(Br)cc1)C(=O)[O-].[Na+]. The third-order valence-corrected chi connectivity index (χ3v) is 3.18. The molecular weight excluding hydrogens is 329 g/mol. The molecule has 96 valence electrons. The van der Waals surface area contributed by atoms with Crippen molar-refractivity contribution in [1.29, 1.82) is 0 Å². The van der Waals surface area contributed by atoms with E-state index in [1.807, 2.05) is 24.3 Å². The monoisotopic (exact) mass is 339 g/mol. The summed E-state index contributed by atoms with van der Waals surface area (Å²) in [6.45, 7) is 0. The molecule has 0 amide bonds. The molecule has 0 unspecified atom stereocenters. The van der Waals surface area contributed by atoms with Crippen molar-refractivity contribution in [2.24, 2.45) is 0 Å². The first-order valence-corrected chi connectivity index (χ1v) is 6.40. The molecule has 0 saturated heterocycles. The molecule has 20 heavy (non-hydrogen) atoms. The number of nitrogen functional groups attached to an aromatic ring is 1. The van der Waals surface area contributed by atoms with Crippen LogP contribution in [0, 0.1) is 0 Å². The minimum Gasteiger partial charge on any atom is -0.545 e. The molecule has 5 heteroatoms. The van der Waals surface area contributed by atoms with Gasteiger partial charge in [-0.15, -0.1) is 0 Å². The van der Waals surface area contributed by atoms with Crippen LogP contribution in [0.5, 0.6) is 0 Å². The first-order chi connectivity index (χ1) is 9.08. The van der Waals surface area contributed by atoms with Crippen LogP contribution in [0.1, 0.15) is 11.1 Å². The summed E-state index contributed by atoms with van der Waals surface area (Å²) in [5.74, 6) is -1.25. The van der Waals surface area contributed by atoms with Crippen molar-refractivity contribution in [2.75, 3.05) is 5.73 Å². The maximum absolute atomic E-state index is 11.3. The fraction of sp³-hybridized carbons (Fsp3) is 0. The number of aliphatic carboxylic acids is 1. The number of anilines is 1. The number of benzene rings is 2. The molecular formula is C15H11BrNNaO2. The standard InChI is InChI=1S/C15H12BrNO2.Na/c16-11-7-5-10(6-8-11)9-13(15(18)19)12-3-1-2-4-14(12)17;/h1-9H,17H2,(H,18,19);/q;+1/p-1. The summed E-state index contributed by atoms with van der Waals surface area (Å²) in [7, 11) is 0. The number of carbonyl (C=O) groups excluding carboxylic acids is 1. The molecule has 0 radical (unpaired) electrons. The van der Waals surface area contributed by atoms with Crippen molar-refractivity contribution in [3.05, 3.63) is 64.1 Å². The summed E-state index contributed by atoms with van der Waals surface area (Å²) in [4.78, 5) is 11.3. The van der Waals surface area contributed by atoms with Crippen molar-refractivity contribution in [1.82, 2.24) is 0 Å². The van der Waals surface area contributed by atoms with Gasteiger partial charge in [-0.25, -0.2) is 0 Å². The maximum Gasteiger partial charge on any atom is 1.00 e. The first kappa shape index (κ1) is 17.0. The van der Waals surface area contributed by atoms with E-state index in [4.69, 9.17) is 5.73 Å². The van der Waals surface area contributed by atoms with Crippen LogP contribution in [0.25, 0.3) is 11.6 Å². The van der Waals surface area contributed by atoms with Crippen molar-refractivity contribution < 1.29 is 39.5 Å². The van der Waals surface area contributed by atoms with Crippen LogP contribution in [-0.2, 0) is 4.79 Å². The molecule has 2 aromatic carbocycles. The van der Waals surface area contributed by atoms with Gasteiger partial charge in [0.15, 0.2) is 0 Å². The van der Waals surface area contributed by atoms with Gasteiger partial charge in [0.05, 0.1) is 5.97 Å². The van der Waals surface area contributed by atoms with Crippen LogP contribution < -0.4 is 40.4 Å². The minimum absolute atomic E-state index is 0. The molecule has 0 heterocycles. The van der Waals surface area contributed by atoms with E-state index in [0.717, 1.165) is 10.0 Å². The Hall–Kier alpha value is -1.07. The number of carboxylic acids is 1. The molecule has 0 spiro atoms. The molecule has 0 fully saturated rings. The molecule has 0 atom stereocenters. The number of hydrogen-bond acceptors (Lipinski definition) is 3. The summed E-state index contributed by atoms with van der Waals surface area (Å²) in [6, 6.07) is 14.1. The van der Waals surface area contributed by atoms with Crippen LogP contribution in [0.4, 0.5) is 5.69 Å². The van der Waals surface area contributed by atoms with Crippen molar-refractivity contribution in [3.8, 4) is 0 Å².